The maximum Gasteiger partial charge on any atom is 0.191 e. The summed E-state index contributed by atoms with van der Waals surface area (Å²) >= 11 is 5.99. The highest BCUT2D eigenvalue weighted by molar-refractivity contribution is 14.0. The van der Waals surface area contributed by atoms with Gasteiger partial charge in [-0.1, -0.05) is 35.9 Å². The Morgan fingerprint density at radius 1 is 1.08 bits per heavy atom. The minimum Gasteiger partial charge on any atom is -0.508 e. The first-order valence-corrected chi connectivity index (χ1v) is 8.09. The van der Waals surface area contributed by atoms with Gasteiger partial charge < -0.3 is 15.7 Å². The first-order chi connectivity index (χ1) is 11.2. The second-order valence-corrected chi connectivity index (χ2v) is 5.60. The number of rotatable bonds is 6. The molecule has 130 valence electrons. The van der Waals surface area contributed by atoms with Crippen molar-refractivity contribution in [2.45, 2.75) is 19.9 Å². The molecule has 2 aromatic rings. The average molecular weight is 460 g/mol. The molecule has 0 aliphatic carbocycles. The van der Waals surface area contributed by atoms with Gasteiger partial charge in [0.15, 0.2) is 5.96 Å². The van der Waals surface area contributed by atoms with Gasteiger partial charge in [-0.25, -0.2) is 4.99 Å². The molecule has 0 fully saturated rings. The number of nitrogens with zero attached hydrogens (tertiary/aromatic N) is 1. The van der Waals surface area contributed by atoms with E-state index in [1.807, 2.05) is 37.3 Å². The van der Waals surface area contributed by atoms with Crippen molar-refractivity contribution in [2.24, 2.45) is 4.99 Å². The third kappa shape index (κ3) is 7.40. The third-order valence-corrected chi connectivity index (χ3v) is 3.53. The van der Waals surface area contributed by atoms with Crippen LogP contribution in [0.3, 0.4) is 0 Å². The van der Waals surface area contributed by atoms with Gasteiger partial charge in [0, 0.05) is 18.1 Å². The van der Waals surface area contributed by atoms with Crippen LogP contribution in [0.1, 0.15) is 18.1 Å². The normalized spacial score (nSPS) is 10.8. The quantitative estimate of drug-likeness (QED) is 0.348. The van der Waals surface area contributed by atoms with Crippen molar-refractivity contribution < 1.29 is 5.11 Å². The Bertz CT molecular complexity index is 647. The molecule has 0 heterocycles. The first kappa shape index (κ1) is 20.6. The summed E-state index contributed by atoms with van der Waals surface area (Å²) in [5, 5.41) is 16.6. The van der Waals surface area contributed by atoms with E-state index in [-0.39, 0.29) is 29.7 Å². The van der Waals surface area contributed by atoms with E-state index in [2.05, 4.69) is 21.7 Å². The predicted octanol–water partition coefficient (Wildman–Crippen LogP) is 3.96. The Morgan fingerprint density at radius 3 is 2.50 bits per heavy atom. The van der Waals surface area contributed by atoms with Crippen molar-refractivity contribution in [3.8, 4) is 5.75 Å². The predicted molar refractivity (Wildman–Crippen MR) is 111 cm³/mol. The Morgan fingerprint density at radius 2 is 1.83 bits per heavy atom. The zero-order valence-electron chi connectivity index (χ0n) is 13.6. The lowest BCUT2D eigenvalue weighted by atomic mass is 10.1. The molecule has 3 N–H and O–H groups in total. The molecule has 0 aliphatic heterocycles. The first-order valence-electron chi connectivity index (χ1n) is 7.72. The van der Waals surface area contributed by atoms with Gasteiger partial charge in [-0.2, -0.15) is 0 Å². The van der Waals surface area contributed by atoms with E-state index in [1.165, 1.54) is 5.56 Å². The van der Waals surface area contributed by atoms with Crippen LogP contribution in [0.4, 0.5) is 0 Å². The number of aromatic hydroxyl groups is 1. The van der Waals surface area contributed by atoms with E-state index in [1.54, 1.807) is 12.1 Å². The number of hydrogen-bond donors (Lipinski definition) is 3. The van der Waals surface area contributed by atoms with E-state index < -0.39 is 0 Å². The largest absolute Gasteiger partial charge is 0.508 e. The molecule has 4 nitrogen and oxygen atoms in total. The van der Waals surface area contributed by atoms with Gasteiger partial charge in [0.25, 0.3) is 0 Å². The maximum atomic E-state index is 9.29. The molecular weight excluding hydrogens is 437 g/mol. The van der Waals surface area contributed by atoms with Crippen LogP contribution in [0.25, 0.3) is 0 Å². The van der Waals surface area contributed by atoms with Gasteiger partial charge in [-0.15, -0.1) is 24.0 Å². The lowest BCUT2D eigenvalue weighted by molar-refractivity contribution is 0.475. The van der Waals surface area contributed by atoms with Crippen molar-refractivity contribution in [1.82, 2.24) is 10.6 Å². The fourth-order valence-corrected chi connectivity index (χ4v) is 2.34. The van der Waals surface area contributed by atoms with Crippen LogP contribution in [-0.2, 0) is 13.0 Å². The summed E-state index contributed by atoms with van der Waals surface area (Å²) in [6, 6.07) is 15.0. The molecule has 24 heavy (non-hydrogen) atoms. The van der Waals surface area contributed by atoms with Gasteiger partial charge >= 0.3 is 0 Å². The summed E-state index contributed by atoms with van der Waals surface area (Å²) in [5.74, 6) is 1.05. The number of phenolic OH excluding ortho intramolecular Hbond substituents is 1. The minimum atomic E-state index is 0. The van der Waals surface area contributed by atoms with Gasteiger partial charge in [0.1, 0.15) is 5.75 Å². The van der Waals surface area contributed by atoms with Crippen LogP contribution in [0.15, 0.2) is 53.5 Å². The molecule has 2 aromatic carbocycles. The van der Waals surface area contributed by atoms with Gasteiger partial charge in [0.2, 0.25) is 0 Å². The van der Waals surface area contributed by atoms with Crippen LogP contribution in [-0.4, -0.2) is 24.2 Å². The molecule has 2 rings (SSSR count). The molecule has 0 amide bonds. The lowest BCUT2D eigenvalue weighted by Gasteiger charge is -2.11. The summed E-state index contributed by atoms with van der Waals surface area (Å²) in [6.45, 7) is 4.18. The molecule has 0 bridgehead atoms. The van der Waals surface area contributed by atoms with Crippen molar-refractivity contribution in [3.63, 3.8) is 0 Å². The SMILES string of the molecule is CCNC(=NCc1ccc(O)cc1)NCCc1cccc(Cl)c1.I. The Balaban J connectivity index is 0.00000288. The van der Waals surface area contributed by atoms with Gasteiger partial charge in [0.05, 0.1) is 6.54 Å². The van der Waals surface area contributed by atoms with Crippen LogP contribution >= 0.6 is 35.6 Å². The zero-order chi connectivity index (χ0) is 16.5. The van der Waals surface area contributed by atoms with Crippen molar-refractivity contribution in [1.29, 1.82) is 0 Å². The van der Waals surface area contributed by atoms with E-state index >= 15 is 0 Å². The monoisotopic (exact) mass is 459 g/mol. The fraction of sp³-hybridized carbons (Fsp3) is 0.278. The Labute approximate surface area is 165 Å². The Kier molecular flexibility index (Phi) is 9.56. The highest BCUT2D eigenvalue weighted by Gasteiger charge is 1.99. The second kappa shape index (κ2) is 11.1. The van der Waals surface area contributed by atoms with Crippen molar-refractivity contribution in [2.75, 3.05) is 13.1 Å². The zero-order valence-corrected chi connectivity index (χ0v) is 16.7. The van der Waals surface area contributed by atoms with Crippen LogP contribution in [0.2, 0.25) is 5.02 Å². The summed E-state index contributed by atoms with van der Waals surface area (Å²) in [7, 11) is 0. The lowest BCUT2D eigenvalue weighted by Crippen LogP contribution is -2.38. The highest BCUT2D eigenvalue weighted by atomic mass is 127. The Hall–Kier alpha value is -1.47. The van der Waals surface area contributed by atoms with Crippen LogP contribution in [0, 0.1) is 0 Å². The van der Waals surface area contributed by atoms with Crippen LogP contribution in [0.5, 0.6) is 5.75 Å². The maximum absolute atomic E-state index is 9.29. The molecule has 0 atom stereocenters. The van der Waals surface area contributed by atoms with Gasteiger partial charge in [-0.3, -0.25) is 0 Å². The van der Waals surface area contributed by atoms with E-state index in [9.17, 15) is 5.11 Å². The van der Waals surface area contributed by atoms with Crippen molar-refractivity contribution >= 4 is 41.5 Å². The van der Waals surface area contributed by atoms with Crippen molar-refractivity contribution in [3.05, 3.63) is 64.7 Å². The van der Waals surface area contributed by atoms with Crippen LogP contribution < -0.4 is 10.6 Å². The fourth-order valence-electron chi connectivity index (χ4n) is 2.13. The minimum absolute atomic E-state index is 0. The topological polar surface area (TPSA) is 56.7 Å². The summed E-state index contributed by atoms with van der Waals surface area (Å²) in [5.41, 5.74) is 2.24. The van der Waals surface area contributed by atoms with E-state index in [4.69, 9.17) is 11.6 Å². The summed E-state index contributed by atoms with van der Waals surface area (Å²) < 4.78 is 0. The van der Waals surface area contributed by atoms with Gasteiger partial charge in [-0.05, 0) is 48.7 Å². The third-order valence-electron chi connectivity index (χ3n) is 3.30. The molecular formula is C18H23ClIN3O. The van der Waals surface area contributed by atoms with E-state index in [0.29, 0.717) is 6.54 Å². The summed E-state index contributed by atoms with van der Waals surface area (Å²) in [6.07, 6.45) is 0.879. The van der Waals surface area contributed by atoms with E-state index in [0.717, 1.165) is 36.1 Å². The molecule has 0 spiro atoms. The number of nitrogens with one attached hydrogen (secondary N) is 2. The number of phenols is 1. The highest BCUT2D eigenvalue weighted by Crippen LogP contribution is 2.11. The second-order valence-electron chi connectivity index (χ2n) is 5.17. The summed E-state index contributed by atoms with van der Waals surface area (Å²) in [4.78, 5) is 4.55. The molecule has 0 saturated carbocycles. The average Bonchev–Trinajstić information content (AvgIpc) is 2.54. The standard InChI is InChI=1S/C18H22ClN3O.HI/c1-2-20-18(22-13-15-6-8-17(23)9-7-15)21-11-10-14-4-3-5-16(19)12-14;/h3-9,12,23H,2,10-11,13H2,1H3,(H2,20,21,22);1H. The number of aliphatic imine (C=N–C) groups is 1. The number of guanidine groups is 1. The molecule has 0 unspecified atom stereocenters. The smallest absolute Gasteiger partial charge is 0.191 e. The number of hydrogen-bond acceptors (Lipinski definition) is 2. The molecule has 0 aliphatic rings. The number of benzene rings is 2. The molecule has 0 aromatic heterocycles. The molecule has 0 saturated heterocycles. The number of halogens is 2. The molecule has 0 radical (unpaired) electrons. The molecule has 6 heteroatoms.